The van der Waals surface area contributed by atoms with Crippen LogP contribution in [0, 0.1) is 12.7 Å². The Balaban J connectivity index is 2.03. The number of rotatable bonds is 4. The maximum absolute atomic E-state index is 14.1. The number of amides is 2. The van der Waals surface area contributed by atoms with Gasteiger partial charge in [0.15, 0.2) is 0 Å². The normalized spacial score (nSPS) is 15.7. The van der Waals surface area contributed by atoms with Crippen LogP contribution in [0.25, 0.3) is 0 Å². The van der Waals surface area contributed by atoms with Crippen LogP contribution in [0.1, 0.15) is 39.6 Å². The highest BCUT2D eigenvalue weighted by Gasteiger charge is 2.34. The molecule has 1 heterocycles. The van der Waals surface area contributed by atoms with Gasteiger partial charge < -0.3 is 10.6 Å². The first kappa shape index (κ1) is 17.4. The zero-order valence-corrected chi connectivity index (χ0v) is 14.4. The minimum atomic E-state index is -0.633. The number of primary amides is 1. The predicted octanol–water partition coefficient (Wildman–Crippen LogP) is 2.80. The van der Waals surface area contributed by atoms with Gasteiger partial charge in [0.2, 0.25) is 5.91 Å². The minimum Gasteiger partial charge on any atom is -0.368 e. The maximum Gasteiger partial charge on any atom is 0.256 e. The number of fused-ring (bicyclic) bond motifs is 1. The van der Waals surface area contributed by atoms with Crippen LogP contribution in [-0.4, -0.2) is 28.2 Å². The van der Waals surface area contributed by atoms with Gasteiger partial charge in [0.25, 0.3) is 5.91 Å². The molecule has 0 unspecified atom stereocenters. The van der Waals surface area contributed by atoms with E-state index in [1.54, 1.807) is 31.3 Å². The van der Waals surface area contributed by atoms with Crippen molar-refractivity contribution >= 4 is 23.4 Å². The summed E-state index contributed by atoms with van der Waals surface area (Å²) in [6.45, 7) is 1.46. The van der Waals surface area contributed by atoms with Gasteiger partial charge in [-0.1, -0.05) is 11.6 Å². The summed E-state index contributed by atoms with van der Waals surface area (Å²) in [5.41, 5.74) is 7.44. The number of halogens is 2. The molecule has 1 aliphatic rings. The van der Waals surface area contributed by atoms with Crippen molar-refractivity contribution in [2.45, 2.75) is 25.8 Å². The third kappa shape index (κ3) is 3.35. The Hall–Kier alpha value is -2.47. The fourth-order valence-corrected chi connectivity index (χ4v) is 3.51. The maximum atomic E-state index is 14.1. The van der Waals surface area contributed by atoms with E-state index in [4.69, 9.17) is 17.3 Å². The van der Waals surface area contributed by atoms with Gasteiger partial charge >= 0.3 is 0 Å². The van der Waals surface area contributed by atoms with Crippen LogP contribution in [0.4, 0.5) is 4.39 Å². The number of nitrogens with two attached hydrogens (primary N) is 1. The highest BCUT2D eigenvalue weighted by atomic mass is 35.5. The average molecular weight is 362 g/mol. The first-order valence-corrected chi connectivity index (χ1v) is 8.25. The monoisotopic (exact) mass is 361 g/mol. The Bertz CT molecular complexity index is 856. The first-order valence-electron chi connectivity index (χ1n) is 7.87. The van der Waals surface area contributed by atoms with Crippen LogP contribution in [-0.2, 0) is 11.2 Å². The van der Waals surface area contributed by atoms with E-state index in [0.717, 1.165) is 0 Å². The largest absolute Gasteiger partial charge is 0.368 e. The van der Waals surface area contributed by atoms with Gasteiger partial charge in [-0.2, -0.15) is 0 Å². The topological polar surface area (TPSA) is 76.3 Å². The molecule has 1 aliphatic carbocycles. The molecular formula is C18H17ClFN3O2. The molecule has 3 rings (SSSR count). The highest BCUT2D eigenvalue weighted by Crippen LogP contribution is 2.39. The molecule has 0 aliphatic heterocycles. The lowest BCUT2D eigenvalue weighted by molar-refractivity contribution is -0.119. The average Bonchev–Trinajstić information content (AvgIpc) is 2.96. The van der Waals surface area contributed by atoms with Crippen molar-refractivity contribution in [3.63, 3.8) is 0 Å². The molecule has 130 valence electrons. The van der Waals surface area contributed by atoms with Crippen molar-refractivity contribution in [3.05, 3.63) is 63.7 Å². The Morgan fingerprint density at radius 2 is 2.20 bits per heavy atom. The van der Waals surface area contributed by atoms with E-state index in [2.05, 4.69) is 4.98 Å². The van der Waals surface area contributed by atoms with Gasteiger partial charge in [-0.25, -0.2) is 4.39 Å². The lowest BCUT2D eigenvalue weighted by Gasteiger charge is -2.29. The van der Waals surface area contributed by atoms with Crippen molar-refractivity contribution < 1.29 is 14.0 Å². The Kier molecular flexibility index (Phi) is 4.72. The molecule has 0 spiro atoms. The number of benzene rings is 1. The third-order valence-corrected chi connectivity index (χ3v) is 4.64. The van der Waals surface area contributed by atoms with Crippen molar-refractivity contribution in [1.82, 2.24) is 9.88 Å². The molecule has 0 fully saturated rings. The third-order valence-electron chi connectivity index (χ3n) is 4.42. The molecule has 1 atom stereocenters. The highest BCUT2D eigenvalue weighted by molar-refractivity contribution is 6.30. The molecule has 5 nitrogen and oxygen atoms in total. The Morgan fingerprint density at radius 3 is 2.88 bits per heavy atom. The molecule has 0 saturated carbocycles. The Labute approximate surface area is 149 Å². The number of hydrogen-bond donors (Lipinski definition) is 1. The number of carbonyl (C=O) groups excluding carboxylic acids is 2. The minimum absolute atomic E-state index is 0.257. The van der Waals surface area contributed by atoms with Crippen LogP contribution in [0.15, 0.2) is 30.5 Å². The summed E-state index contributed by atoms with van der Waals surface area (Å²) in [6.07, 6.45) is 2.56. The molecule has 2 amide bonds. The fraction of sp³-hybridized carbons (Fsp3) is 0.278. The summed E-state index contributed by atoms with van der Waals surface area (Å²) < 4.78 is 14.1. The first-order chi connectivity index (χ1) is 11.9. The number of aromatic nitrogens is 1. The number of pyridine rings is 1. The second-order valence-corrected chi connectivity index (χ2v) is 6.48. The molecule has 0 saturated heterocycles. The molecule has 2 aromatic rings. The summed E-state index contributed by atoms with van der Waals surface area (Å²) in [4.78, 5) is 30.1. The van der Waals surface area contributed by atoms with Gasteiger partial charge in [-0.3, -0.25) is 14.6 Å². The number of nitrogens with zero attached hydrogens (tertiary/aromatic N) is 2. The van der Waals surface area contributed by atoms with Crippen LogP contribution in [0.3, 0.4) is 0 Å². The van der Waals surface area contributed by atoms with Gasteiger partial charge in [0.05, 0.1) is 11.6 Å². The summed E-state index contributed by atoms with van der Waals surface area (Å²) in [5.74, 6) is -1.39. The molecule has 0 radical (unpaired) electrons. The molecule has 2 N–H and O–H groups in total. The van der Waals surface area contributed by atoms with Crippen molar-refractivity contribution in [2.24, 2.45) is 5.73 Å². The molecule has 1 aromatic carbocycles. The second-order valence-electron chi connectivity index (χ2n) is 6.05. The number of hydrogen-bond acceptors (Lipinski definition) is 3. The van der Waals surface area contributed by atoms with E-state index in [1.165, 1.54) is 11.0 Å². The van der Waals surface area contributed by atoms with Crippen molar-refractivity contribution in [3.8, 4) is 0 Å². The van der Waals surface area contributed by atoms with E-state index >= 15 is 0 Å². The van der Waals surface area contributed by atoms with E-state index in [9.17, 15) is 14.0 Å². The second kappa shape index (κ2) is 6.80. The summed E-state index contributed by atoms with van der Waals surface area (Å²) in [7, 11) is 0. The van der Waals surface area contributed by atoms with Crippen molar-refractivity contribution in [1.29, 1.82) is 0 Å². The van der Waals surface area contributed by atoms with Gasteiger partial charge in [-0.15, -0.1) is 0 Å². The standard InChI is InChI=1S/C18H17ClFN3O2/c1-10-12(3-2-6-22-10)18(25)23(9-17(21)24)16-5-4-13-14(16)7-11(19)8-15(13)20/h2-3,6-8,16H,4-5,9H2,1H3,(H2,21,24)/t16-/m1/s1. The van der Waals surface area contributed by atoms with Gasteiger partial charge in [0, 0.05) is 16.9 Å². The summed E-state index contributed by atoms with van der Waals surface area (Å²) >= 11 is 5.98. The molecule has 1 aromatic heterocycles. The van der Waals surface area contributed by atoms with Crippen LogP contribution in [0.5, 0.6) is 0 Å². The number of carbonyl (C=O) groups is 2. The van der Waals surface area contributed by atoms with E-state index in [-0.39, 0.29) is 17.5 Å². The van der Waals surface area contributed by atoms with Crippen LogP contribution in [0.2, 0.25) is 5.02 Å². The molecule has 25 heavy (non-hydrogen) atoms. The lowest BCUT2D eigenvalue weighted by atomic mass is 10.0. The predicted molar refractivity (Wildman–Crippen MR) is 91.7 cm³/mol. The van der Waals surface area contributed by atoms with E-state index < -0.39 is 17.8 Å². The van der Waals surface area contributed by atoms with Gasteiger partial charge in [0.1, 0.15) is 12.4 Å². The number of aryl methyl sites for hydroxylation is 1. The zero-order valence-electron chi connectivity index (χ0n) is 13.6. The Morgan fingerprint density at radius 1 is 1.44 bits per heavy atom. The fourth-order valence-electron chi connectivity index (χ4n) is 3.30. The molecule has 7 heteroatoms. The van der Waals surface area contributed by atoms with Crippen LogP contribution >= 0.6 is 11.6 Å². The molecule has 0 bridgehead atoms. The van der Waals surface area contributed by atoms with Gasteiger partial charge in [-0.05, 0) is 55.2 Å². The summed E-state index contributed by atoms with van der Waals surface area (Å²) in [5, 5.41) is 0.257. The van der Waals surface area contributed by atoms with E-state index in [1.807, 2.05) is 0 Å². The quantitative estimate of drug-likeness (QED) is 0.909. The smallest absolute Gasteiger partial charge is 0.256 e. The SMILES string of the molecule is Cc1ncccc1C(=O)N(CC(N)=O)[C@@H]1CCc2c(F)cc(Cl)cc21. The van der Waals surface area contributed by atoms with Crippen molar-refractivity contribution in [2.75, 3.05) is 6.54 Å². The molecular weight excluding hydrogens is 345 g/mol. The lowest BCUT2D eigenvalue weighted by Crippen LogP contribution is -2.40. The summed E-state index contributed by atoms with van der Waals surface area (Å²) in [6, 6.07) is 5.75. The van der Waals surface area contributed by atoms with Crippen LogP contribution < -0.4 is 5.73 Å². The van der Waals surface area contributed by atoms with E-state index in [0.29, 0.717) is 35.2 Å². The zero-order chi connectivity index (χ0) is 18.1.